The number of halogens is 1. The van der Waals surface area contributed by atoms with Crippen molar-refractivity contribution in [2.45, 2.75) is 0 Å². The lowest BCUT2D eigenvalue weighted by Crippen LogP contribution is -2.48. The second-order valence-corrected chi connectivity index (χ2v) is 8.13. The van der Waals surface area contributed by atoms with E-state index in [1.165, 1.54) is 10.6 Å². The van der Waals surface area contributed by atoms with Crippen LogP contribution in [0, 0.1) is 0 Å². The lowest BCUT2D eigenvalue weighted by atomic mass is 10.3. The number of thiazole rings is 1. The quantitative estimate of drug-likeness (QED) is 0.845. The average molecular weight is 332 g/mol. The molecule has 1 aliphatic heterocycles. The van der Waals surface area contributed by atoms with Gasteiger partial charge in [0.15, 0.2) is 5.13 Å². The molecule has 0 unspecified atom stereocenters. The number of anilines is 1. The van der Waals surface area contributed by atoms with Crippen LogP contribution in [0.3, 0.4) is 0 Å². The maximum Gasteiger partial charge on any atom is 0.211 e. The molecule has 0 bridgehead atoms. The van der Waals surface area contributed by atoms with Gasteiger partial charge in [-0.2, -0.15) is 4.31 Å². The molecule has 8 heteroatoms. The summed E-state index contributed by atoms with van der Waals surface area (Å²) in [4.78, 5) is 6.68. The standard InChI is InChI=1S/C12H14ClN3O2S2/c1-20(17,18)16-7-5-15(6-8-16)12-14-11-9(13)3-2-4-10(11)19-12/h2-4H,5-8H2,1H3. The van der Waals surface area contributed by atoms with Crippen LogP contribution in [-0.2, 0) is 10.0 Å². The number of rotatable bonds is 2. The maximum absolute atomic E-state index is 11.5. The number of nitrogens with zero attached hydrogens (tertiary/aromatic N) is 3. The van der Waals surface area contributed by atoms with Gasteiger partial charge < -0.3 is 4.90 Å². The summed E-state index contributed by atoms with van der Waals surface area (Å²) in [5.41, 5.74) is 0.819. The van der Waals surface area contributed by atoms with Crippen LogP contribution in [0.1, 0.15) is 0 Å². The number of hydrogen-bond donors (Lipinski definition) is 0. The molecule has 0 aliphatic carbocycles. The zero-order valence-corrected chi connectivity index (χ0v) is 13.3. The first kappa shape index (κ1) is 14.1. The molecule has 20 heavy (non-hydrogen) atoms. The number of aromatic nitrogens is 1. The largest absolute Gasteiger partial charge is 0.345 e. The Bertz CT molecular complexity index is 736. The molecule has 0 radical (unpaired) electrons. The van der Waals surface area contributed by atoms with Crippen molar-refractivity contribution in [3.8, 4) is 0 Å². The second-order valence-electron chi connectivity index (χ2n) is 4.73. The fourth-order valence-corrected chi connectivity index (χ4v) is 4.39. The number of piperazine rings is 1. The Balaban J connectivity index is 1.82. The highest BCUT2D eigenvalue weighted by Gasteiger charge is 2.25. The number of benzene rings is 1. The van der Waals surface area contributed by atoms with E-state index in [0.29, 0.717) is 31.2 Å². The van der Waals surface area contributed by atoms with E-state index in [2.05, 4.69) is 9.88 Å². The number of hydrogen-bond acceptors (Lipinski definition) is 5. The molecule has 1 aromatic carbocycles. The summed E-state index contributed by atoms with van der Waals surface area (Å²) < 4.78 is 25.5. The highest BCUT2D eigenvalue weighted by molar-refractivity contribution is 7.88. The van der Waals surface area contributed by atoms with Gasteiger partial charge in [-0.25, -0.2) is 13.4 Å². The lowest BCUT2D eigenvalue weighted by molar-refractivity contribution is 0.388. The Kier molecular flexibility index (Phi) is 3.62. The van der Waals surface area contributed by atoms with Gasteiger partial charge in [-0.15, -0.1) is 0 Å². The third-order valence-electron chi connectivity index (χ3n) is 3.34. The van der Waals surface area contributed by atoms with Crippen molar-refractivity contribution in [1.82, 2.24) is 9.29 Å². The predicted molar refractivity (Wildman–Crippen MR) is 83.3 cm³/mol. The third-order valence-corrected chi connectivity index (χ3v) is 6.03. The minimum atomic E-state index is -3.09. The van der Waals surface area contributed by atoms with Crippen molar-refractivity contribution in [1.29, 1.82) is 0 Å². The summed E-state index contributed by atoms with van der Waals surface area (Å²) in [6.07, 6.45) is 1.25. The summed E-state index contributed by atoms with van der Waals surface area (Å²) in [7, 11) is -3.09. The Morgan fingerprint density at radius 3 is 2.55 bits per heavy atom. The number of fused-ring (bicyclic) bond motifs is 1. The summed E-state index contributed by atoms with van der Waals surface area (Å²) in [5, 5.41) is 1.56. The Labute approximate surface area is 126 Å². The van der Waals surface area contributed by atoms with E-state index < -0.39 is 10.0 Å². The number of sulfonamides is 1. The van der Waals surface area contributed by atoms with Crippen molar-refractivity contribution in [2.75, 3.05) is 37.3 Å². The van der Waals surface area contributed by atoms with Gasteiger partial charge in [0, 0.05) is 26.2 Å². The van der Waals surface area contributed by atoms with E-state index in [4.69, 9.17) is 11.6 Å². The van der Waals surface area contributed by atoms with Gasteiger partial charge in [0.1, 0.15) is 5.52 Å². The van der Waals surface area contributed by atoms with Gasteiger partial charge in [-0.3, -0.25) is 0 Å². The summed E-state index contributed by atoms with van der Waals surface area (Å²) in [6.45, 7) is 2.32. The Morgan fingerprint density at radius 1 is 1.25 bits per heavy atom. The molecule has 2 aromatic rings. The van der Waals surface area contributed by atoms with Gasteiger partial charge >= 0.3 is 0 Å². The molecule has 0 N–H and O–H groups in total. The van der Waals surface area contributed by atoms with Crippen LogP contribution in [-0.4, -0.2) is 50.1 Å². The van der Waals surface area contributed by atoms with E-state index >= 15 is 0 Å². The van der Waals surface area contributed by atoms with Crippen molar-refractivity contribution >= 4 is 48.3 Å². The van der Waals surface area contributed by atoms with Crippen molar-refractivity contribution in [2.24, 2.45) is 0 Å². The van der Waals surface area contributed by atoms with Gasteiger partial charge in [0.25, 0.3) is 0 Å². The van der Waals surface area contributed by atoms with Crippen LogP contribution in [0.5, 0.6) is 0 Å². The SMILES string of the molecule is CS(=O)(=O)N1CCN(c2nc3c(Cl)cccc3s2)CC1. The molecule has 2 heterocycles. The topological polar surface area (TPSA) is 53.5 Å². The molecule has 0 atom stereocenters. The molecule has 1 aromatic heterocycles. The fraction of sp³-hybridized carbons (Fsp3) is 0.417. The van der Waals surface area contributed by atoms with Crippen LogP contribution in [0.4, 0.5) is 5.13 Å². The van der Waals surface area contributed by atoms with Crippen LogP contribution >= 0.6 is 22.9 Å². The van der Waals surface area contributed by atoms with Crippen LogP contribution < -0.4 is 4.90 Å². The second kappa shape index (κ2) is 5.14. The van der Waals surface area contributed by atoms with Crippen LogP contribution in [0.2, 0.25) is 5.02 Å². The molecule has 5 nitrogen and oxygen atoms in total. The summed E-state index contributed by atoms with van der Waals surface area (Å²) in [6, 6.07) is 5.73. The normalized spacial score (nSPS) is 17.8. The maximum atomic E-state index is 11.5. The molecule has 0 spiro atoms. The lowest BCUT2D eigenvalue weighted by Gasteiger charge is -2.32. The molecule has 3 rings (SSSR count). The minimum Gasteiger partial charge on any atom is -0.345 e. The zero-order chi connectivity index (χ0) is 14.3. The molecule has 1 saturated heterocycles. The minimum absolute atomic E-state index is 0.502. The highest BCUT2D eigenvalue weighted by atomic mass is 35.5. The van der Waals surface area contributed by atoms with Gasteiger partial charge in [0.2, 0.25) is 10.0 Å². The van der Waals surface area contributed by atoms with Gasteiger partial charge in [-0.1, -0.05) is 29.0 Å². The summed E-state index contributed by atoms with van der Waals surface area (Å²) in [5.74, 6) is 0. The predicted octanol–water partition coefficient (Wildman–Crippen LogP) is 2.03. The van der Waals surface area contributed by atoms with Crippen LogP contribution in [0.25, 0.3) is 10.2 Å². The van der Waals surface area contributed by atoms with E-state index in [1.54, 1.807) is 11.3 Å². The molecular weight excluding hydrogens is 318 g/mol. The third kappa shape index (κ3) is 2.63. The van der Waals surface area contributed by atoms with Gasteiger partial charge in [0.05, 0.1) is 16.0 Å². The van der Waals surface area contributed by atoms with Crippen molar-refractivity contribution in [3.05, 3.63) is 23.2 Å². The van der Waals surface area contributed by atoms with Gasteiger partial charge in [-0.05, 0) is 12.1 Å². The molecule has 0 amide bonds. The van der Waals surface area contributed by atoms with Crippen molar-refractivity contribution < 1.29 is 8.42 Å². The van der Waals surface area contributed by atoms with E-state index in [9.17, 15) is 8.42 Å². The molecular formula is C12H14ClN3O2S2. The first-order valence-electron chi connectivity index (χ1n) is 6.20. The van der Waals surface area contributed by atoms with Crippen molar-refractivity contribution in [3.63, 3.8) is 0 Å². The summed E-state index contributed by atoms with van der Waals surface area (Å²) >= 11 is 7.72. The van der Waals surface area contributed by atoms with E-state index in [-0.39, 0.29) is 0 Å². The van der Waals surface area contributed by atoms with E-state index in [1.807, 2.05) is 18.2 Å². The first-order chi connectivity index (χ1) is 9.45. The first-order valence-corrected chi connectivity index (χ1v) is 9.24. The Morgan fingerprint density at radius 2 is 1.95 bits per heavy atom. The fourth-order valence-electron chi connectivity index (χ4n) is 2.25. The molecule has 0 saturated carbocycles. The highest BCUT2D eigenvalue weighted by Crippen LogP contribution is 2.33. The van der Waals surface area contributed by atoms with E-state index in [0.717, 1.165) is 15.3 Å². The monoisotopic (exact) mass is 331 g/mol. The average Bonchev–Trinajstić information content (AvgIpc) is 2.83. The smallest absolute Gasteiger partial charge is 0.211 e. The molecule has 1 fully saturated rings. The molecule has 108 valence electrons. The Hall–Kier alpha value is -0.890. The van der Waals surface area contributed by atoms with Crippen LogP contribution in [0.15, 0.2) is 18.2 Å². The zero-order valence-electron chi connectivity index (χ0n) is 10.9. The molecule has 1 aliphatic rings. The number of para-hydroxylation sites is 1.